The van der Waals surface area contributed by atoms with Crippen LogP contribution in [0, 0.1) is 11.6 Å². The largest absolute Gasteiger partial charge is 0.339 e. The van der Waals surface area contributed by atoms with Crippen LogP contribution in [-0.2, 0) is 10.0 Å². The summed E-state index contributed by atoms with van der Waals surface area (Å²) in [5.41, 5.74) is 0.862. The summed E-state index contributed by atoms with van der Waals surface area (Å²) in [6.07, 6.45) is 3.38. The molecule has 0 aliphatic rings. The van der Waals surface area contributed by atoms with Crippen LogP contribution in [0.25, 0.3) is 5.82 Å². The maximum atomic E-state index is 13.3. The molecule has 8 nitrogen and oxygen atoms in total. The minimum atomic E-state index is -4.14. The minimum Gasteiger partial charge on any atom is -0.339 e. The van der Waals surface area contributed by atoms with Gasteiger partial charge in [-0.25, -0.2) is 21.9 Å². The number of aromatic nitrogens is 4. The first kappa shape index (κ1) is 19.5. The van der Waals surface area contributed by atoms with Crippen molar-refractivity contribution in [3.05, 3.63) is 84.7 Å². The summed E-state index contributed by atoms with van der Waals surface area (Å²) in [4.78, 5) is -0.505. The van der Waals surface area contributed by atoms with Crippen molar-refractivity contribution in [2.45, 2.75) is 4.90 Å². The molecule has 2 heterocycles. The third kappa shape index (κ3) is 4.41. The van der Waals surface area contributed by atoms with Gasteiger partial charge in [-0.1, -0.05) is 0 Å². The topological polar surface area (TPSA) is 102 Å². The smallest absolute Gasteiger partial charge is 0.262 e. The number of hydrogen-bond donors (Lipinski definition) is 2. The van der Waals surface area contributed by atoms with Crippen molar-refractivity contribution in [1.82, 2.24) is 20.0 Å². The fourth-order valence-electron chi connectivity index (χ4n) is 2.59. The molecule has 0 spiro atoms. The Hall–Kier alpha value is -3.86. The average molecular weight is 428 g/mol. The molecule has 0 fully saturated rings. The summed E-state index contributed by atoms with van der Waals surface area (Å²) in [5.74, 6) is -0.914. The van der Waals surface area contributed by atoms with Crippen LogP contribution in [-0.4, -0.2) is 28.4 Å². The first-order valence-corrected chi connectivity index (χ1v) is 10.1. The first-order valence-electron chi connectivity index (χ1n) is 8.59. The summed E-state index contributed by atoms with van der Waals surface area (Å²) in [5, 5.41) is 15.2. The van der Waals surface area contributed by atoms with Crippen molar-refractivity contribution in [3.8, 4) is 5.82 Å². The average Bonchev–Trinajstić information content (AvgIpc) is 3.24. The molecule has 0 unspecified atom stereocenters. The van der Waals surface area contributed by atoms with Crippen molar-refractivity contribution in [3.63, 3.8) is 0 Å². The van der Waals surface area contributed by atoms with E-state index in [1.54, 1.807) is 47.4 Å². The molecule has 2 N–H and O–H groups in total. The second-order valence-electron chi connectivity index (χ2n) is 6.14. The third-order valence-electron chi connectivity index (χ3n) is 3.95. The van der Waals surface area contributed by atoms with Gasteiger partial charge in [-0.05, 0) is 54.6 Å². The van der Waals surface area contributed by atoms with Gasteiger partial charge in [0.2, 0.25) is 0 Å². The Balaban J connectivity index is 1.45. The van der Waals surface area contributed by atoms with E-state index in [4.69, 9.17) is 0 Å². The Morgan fingerprint density at radius 3 is 2.17 bits per heavy atom. The molecular formula is C19H14F2N6O2S. The summed E-state index contributed by atoms with van der Waals surface area (Å²) < 4.78 is 55.1. The lowest BCUT2D eigenvalue weighted by molar-refractivity contribution is 0.568. The van der Waals surface area contributed by atoms with E-state index in [2.05, 4.69) is 25.3 Å². The lowest BCUT2D eigenvalue weighted by atomic mass is 10.3. The zero-order valence-electron chi connectivity index (χ0n) is 15.2. The molecule has 4 rings (SSSR count). The summed E-state index contributed by atoms with van der Waals surface area (Å²) in [6, 6.07) is 13.6. The van der Waals surface area contributed by atoms with Crippen LogP contribution in [0.2, 0.25) is 0 Å². The summed E-state index contributed by atoms with van der Waals surface area (Å²) in [7, 11) is -4.14. The SMILES string of the molecule is O=S(=O)(Nc1ccc(Nc2ccc(-n3cccn3)nn2)cc1)c1cc(F)cc(F)c1. The maximum absolute atomic E-state index is 13.3. The van der Waals surface area contributed by atoms with Gasteiger partial charge in [-0.2, -0.15) is 5.10 Å². The number of nitrogens with one attached hydrogen (secondary N) is 2. The van der Waals surface area contributed by atoms with Gasteiger partial charge >= 0.3 is 0 Å². The molecule has 0 amide bonds. The standard InChI is InChI=1S/C19H14F2N6O2S/c20-13-10-14(21)12-17(11-13)30(28,29)26-16-4-2-15(3-5-16)23-18-6-7-19(25-24-18)27-9-1-8-22-27/h1-12,26H,(H,23,24). The molecule has 152 valence electrons. The van der Waals surface area contributed by atoms with Crippen molar-refractivity contribution < 1.29 is 17.2 Å². The van der Waals surface area contributed by atoms with Gasteiger partial charge in [-0.15, -0.1) is 10.2 Å². The molecule has 0 saturated carbocycles. The molecule has 4 aromatic rings. The van der Waals surface area contributed by atoms with Gasteiger partial charge in [0, 0.05) is 29.8 Å². The highest BCUT2D eigenvalue weighted by Gasteiger charge is 2.16. The quantitative estimate of drug-likeness (QED) is 0.488. The molecular weight excluding hydrogens is 414 g/mol. The Labute approximate surface area is 170 Å². The number of sulfonamides is 1. The van der Waals surface area contributed by atoms with Crippen LogP contribution >= 0.6 is 0 Å². The number of anilines is 3. The fraction of sp³-hybridized carbons (Fsp3) is 0. The molecule has 30 heavy (non-hydrogen) atoms. The zero-order valence-corrected chi connectivity index (χ0v) is 16.0. The van der Waals surface area contributed by atoms with Crippen molar-refractivity contribution in [1.29, 1.82) is 0 Å². The van der Waals surface area contributed by atoms with Crippen LogP contribution in [0.4, 0.5) is 26.0 Å². The van der Waals surface area contributed by atoms with E-state index in [0.29, 0.717) is 23.4 Å². The molecule has 2 aromatic carbocycles. The van der Waals surface area contributed by atoms with E-state index in [-0.39, 0.29) is 5.69 Å². The van der Waals surface area contributed by atoms with Crippen molar-refractivity contribution in [2.24, 2.45) is 0 Å². The van der Waals surface area contributed by atoms with Gasteiger partial charge in [0.15, 0.2) is 11.6 Å². The predicted molar refractivity (Wildman–Crippen MR) is 106 cm³/mol. The summed E-state index contributed by atoms with van der Waals surface area (Å²) >= 11 is 0. The Morgan fingerprint density at radius 1 is 0.867 bits per heavy atom. The van der Waals surface area contributed by atoms with E-state index in [1.165, 1.54) is 12.1 Å². The highest BCUT2D eigenvalue weighted by Crippen LogP contribution is 2.21. The lowest BCUT2D eigenvalue weighted by Gasteiger charge is -2.10. The second-order valence-corrected chi connectivity index (χ2v) is 7.82. The Bertz CT molecular complexity index is 1240. The van der Waals surface area contributed by atoms with Gasteiger partial charge in [0.25, 0.3) is 10.0 Å². The van der Waals surface area contributed by atoms with E-state index in [1.807, 2.05) is 0 Å². The van der Waals surface area contributed by atoms with Gasteiger partial charge in [-0.3, -0.25) is 4.72 Å². The Morgan fingerprint density at radius 2 is 1.57 bits per heavy atom. The van der Waals surface area contributed by atoms with Crippen molar-refractivity contribution in [2.75, 3.05) is 10.0 Å². The fourth-order valence-corrected chi connectivity index (χ4v) is 3.69. The van der Waals surface area contributed by atoms with E-state index < -0.39 is 26.6 Å². The van der Waals surface area contributed by atoms with E-state index in [9.17, 15) is 17.2 Å². The highest BCUT2D eigenvalue weighted by atomic mass is 32.2. The van der Waals surface area contributed by atoms with Crippen LogP contribution < -0.4 is 10.0 Å². The maximum Gasteiger partial charge on any atom is 0.262 e. The van der Waals surface area contributed by atoms with Crippen LogP contribution in [0.1, 0.15) is 0 Å². The number of hydrogen-bond acceptors (Lipinski definition) is 6. The molecule has 0 bridgehead atoms. The Kier molecular flexibility index (Phi) is 5.11. The molecule has 0 atom stereocenters. The number of halogens is 2. The van der Waals surface area contributed by atoms with Crippen molar-refractivity contribution >= 4 is 27.2 Å². The minimum absolute atomic E-state index is 0.227. The van der Waals surface area contributed by atoms with Crippen LogP contribution in [0.15, 0.2) is 78.0 Å². The predicted octanol–water partition coefficient (Wildman–Crippen LogP) is 3.48. The van der Waals surface area contributed by atoms with Gasteiger partial charge in [0.1, 0.15) is 11.6 Å². The first-order chi connectivity index (χ1) is 14.4. The summed E-state index contributed by atoms with van der Waals surface area (Å²) in [6.45, 7) is 0. The second kappa shape index (κ2) is 7.87. The number of rotatable bonds is 6. The molecule has 0 saturated heterocycles. The molecule has 11 heteroatoms. The molecule has 0 aliphatic heterocycles. The number of benzene rings is 2. The monoisotopic (exact) mass is 428 g/mol. The van der Waals surface area contributed by atoms with Crippen LogP contribution in [0.5, 0.6) is 0 Å². The molecule has 0 radical (unpaired) electrons. The number of nitrogens with zero attached hydrogens (tertiary/aromatic N) is 4. The lowest BCUT2D eigenvalue weighted by Crippen LogP contribution is -2.13. The molecule has 0 aliphatic carbocycles. The van der Waals surface area contributed by atoms with E-state index in [0.717, 1.165) is 12.1 Å². The van der Waals surface area contributed by atoms with Gasteiger partial charge < -0.3 is 5.32 Å². The third-order valence-corrected chi connectivity index (χ3v) is 5.31. The zero-order chi connectivity index (χ0) is 21.1. The molecule has 2 aromatic heterocycles. The highest BCUT2D eigenvalue weighted by molar-refractivity contribution is 7.92. The van der Waals surface area contributed by atoms with E-state index >= 15 is 0 Å². The normalized spacial score (nSPS) is 11.3. The van der Waals surface area contributed by atoms with Gasteiger partial charge in [0.05, 0.1) is 4.90 Å². The van der Waals surface area contributed by atoms with Crippen LogP contribution in [0.3, 0.4) is 0 Å².